The third-order valence-electron chi connectivity index (χ3n) is 5.81. The second-order valence-electron chi connectivity index (χ2n) is 8.29. The number of amides is 2. The quantitative estimate of drug-likeness (QED) is 0.471. The van der Waals surface area contributed by atoms with E-state index in [1.807, 2.05) is 4.90 Å². The zero-order valence-corrected chi connectivity index (χ0v) is 19.1. The molecule has 2 heterocycles. The Balaban J connectivity index is 1.33. The SMILES string of the molecule is O=C(Nc1ccc(N2CCN(C(=O)c3ccc(C(F)(F)F)cc3)CC2)nc1)c1cccc(C(F)(F)F)c1. The average molecular weight is 522 g/mol. The molecule has 0 unspecified atom stereocenters. The topological polar surface area (TPSA) is 65.5 Å². The van der Waals surface area contributed by atoms with Gasteiger partial charge in [-0.1, -0.05) is 6.07 Å². The van der Waals surface area contributed by atoms with Crippen LogP contribution in [0.5, 0.6) is 0 Å². The van der Waals surface area contributed by atoms with Gasteiger partial charge in [-0.3, -0.25) is 9.59 Å². The molecule has 2 amide bonds. The maximum atomic E-state index is 12.9. The number of hydrogen-bond donors (Lipinski definition) is 1. The largest absolute Gasteiger partial charge is 0.416 e. The van der Waals surface area contributed by atoms with Crippen LogP contribution in [0.3, 0.4) is 0 Å². The van der Waals surface area contributed by atoms with Gasteiger partial charge >= 0.3 is 12.4 Å². The van der Waals surface area contributed by atoms with Crippen molar-refractivity contribution in [3.05, 3.63) is 89.1 Å². The molecule has 0 aliphatic carbocycles. The zero-order valence-electron chi connectivity index (χ0n) is 19.1. The molecule has 12 heteroatoms. The van der Waals surface area contributed by atoms with Crippen LogP contribution in [0.1, 0.15) is 31.8 Å². The molecule has 0 saturated carbocycles. The second-order valence-corrected chi connectivity index (χ2v) is 8.29. The molecule has 37 heavy (non-hydrogen) atoms. The molecule has 2 aromatic carbocycles. The zero-order chi connectivity index (χ0) is 26.8. The van der Waals surface area contributed by atoms with E-state index >= 15 is 0 Å². The number of anilines is 2. The summed E-state index contributed by atoms with van der Waals surface area (Å²) in [6, 6.07) is 11.3. The van der Waals surface area contributed by atoms with E-state index in [1.54, 1.807) is 17.0 Å². The van der Waals surface area contributed by atoms with Gasteiger partial charge in [0.15, 0.2) is 0 Å². The van der Waals surface area contributed by atoms with E-state index in [4.69, 9.17) is 0 Å². The number of aromatic nitrogens is 1. The number of hydrogen-bond acceptors (Lipinski definition) is 4. The number of halogens is 6. The van der Waals surface area contributed by atoms with Crippen LogP contribution < -0.4 is 10.2 Å². The fraction of sp³-hybridized carbons (Fsp3) is 0.240. The van der Waals surface area contributed by atoms with Gasteiger partial charge in [0.05, 0.1) is 23.0 Å². The third kappa shape index (κ3) is 6.19. The smallest absolute Gasteiger partial charge is 0.353 e. The Bertz CT molecular complexity index is 1270. The number of rotatable bonds is 4. The van der Waals surface area contributed by atoms with Crippen LogP contribution in [-0.4, -0.2) is 47.9 Å². The van der Waals surface area contributed by atoms with Crippen molar-refractivity contribution in [2.24, 2.45) is 0 Å². The Labute approximate surface area is 207 Å². The standard InChI is InChI=1S/C25H20F6N4O2/c26-24(27,28)18-6-4-16(5-7-18)23(37)35-12-10-34(11-13-35)21-9-8-20(15-32-21)33-22(36)17-2-1-3-19(14-17)25(29,30)31/h1-9,14-15H,10-13H2,(H,33,36). The Kier molecular flexibility index (Phi) is 7.10. The maximum absolute atomic E-state index is 12.9. The molecule has 194 valence electrons. The molecule has 0 atom stereocenters. The summed E-state index contributed by atoms with van der Waals surface area (Å²) in [6.07, 6.45) is -7.66. The fourth-order valence-corrected chi connectivity index (χ4v) is 3.81. The molecule has 1 N–H and O–H groups in total. The summed E-state index contributed by atoms with van der Waals surface area (Å²) in [5, 5.41) is 2.51. The van der Waals surface area contributed by atoms with Crippen LogP contribution in [0.2, 0.25) is 0 Å². The van der Waals surface area contributed by atoms with Crippen molar-refractivity contribution in [3.63, 3.8) is 0 Å². The number of alkyl halides is 6. The first-order valence-electron chi connectivity index (χ1n) is 11.1. The molecule has 1 fully saturated rings. The molecule has 1 aliphatic rings. The maximum Gasteiger partial charge on any atom is 0.416 e. The van der Waals surface area contributed by atoms with Gasteiger partial charge in [-0.15, -0.1) is 0 Å². The highest BCUT2D eigenvalue weighted by molar-refractivity contribution is 6.04. The van der Waals surface area contributed by atoms with Crippen molar-refractivity contribution < 1.29 is 35.9 Å². The van der Waals surface area contributed by atoms with Crippen molar-refractivity contribution >= 4 is 23.3 Å². The number of carbonyl (C=O) groups is 2. The first kappa shape index (κ1) is 26.0. The van der Waals surface area contributed by atoms with E-state index in [1.165, 1.54) is 12.3 Å². The Morgan fingerprint density at radius 2 is 1.41 bits per heavy atom. The number of nitrogens with one attached hydrogen (secondary N) is 1. The lowest BCUT2D eigenvalue weighted by molar-refractivity contribution is -0.138. The van der Waals surface area contributed by atoms with Crippen molar-refractivity contribution in [3.8, 4) is 0 Å². The lowest BCUT2D eigenvalue weighted by atomic mass is 10.1. The molecule has 1 aliphatic heterocycles. The first-order valence-corrected chi connectivity index (χ1v) is 11.1. The van der Waals surface area contributed by atoms with E-state index in [0.717, 1.165) is 42.5 Å². The number of piperazine rings is 1. The molecule has 1 aromatic heterocycles. The van der Waals surface area contributed by atoms with Crippen molar-refractivity contribution in [2.45, 2.75) is 12.4 Å². The lowest BCUT2D eigenvalue weighted by Gasteiger charge is -2.35. The summed E-state index contributed by atoms with van der Waals surface area (Å²) in [6.45, 7) is 1.51. The van der Waals surface area contributed by atoms with Crippen LogP contribution in [0.4, 0.5) is 37.8 Å². The molecular formula is C25H20F6N4O2. The normalized spacial score (nSPS) is 14.4. The van der Waals surface area contributed by atoms with Crippen molar-refractivity contribution in [2.75, 3.05) is 36.4 Å². The highest BCUT2D eigenvalue weighted by Gasteiger charge is 2.32. The lowest BCUT2D eigenvalue weighted by Crippen LogP contribution is -2.49. The first-order chi connectivity index (χ1) is 17.4. The van der Waals surface area contributed by atoms with E-state index < -0.39 is 29.4 Å². The van der Waals surface area contributed by atoms with Gasteiger partial charge < -0.3 is 15.1 Å². The van der Waals surface area contributed by atoms with E-state index in [9.17, 15) is 35.9 Å². The number of benzene rings is 2. The summed E-state index contributed by atoms with van der Waals surface area (Å²) in [5.74, 6) is -0.510. The molecule has 6 nitrogen and oxygen atoms in total. The Morgan fingerprint density at radius 3 is 1.97 bits per heavy atom. The predicted molar refractivity (Wildman–Crippen MR) is 123 cm³/mol. The minimum atomic E-state index is -4.56. The number of pyridine rings is 1. The summed E-state index contributed by atoms with van der Waals surface area (Å²) in [5.41, 5.74) is -1.44. The van der Waals surface area contributed by atoms with Gasteiger partial charge in [-0.25, -0.2) is 4.98 Å². The monoisotopic (exact) mass is 522 g/mol. The molecular weight excluding hydrogens is 502 g/mol. The van der Waals surface area contributed by atoms with Crippen LogP contribution >= 0.6 is 0 Å². The van der Waals surface area contributed by atoms with Gasteiger partial charge in [0.25, 0.3) is 11.8 Å². The third-order valence-corrected chi connectivity index (χ3v) is 5.81. The van der Waals surface area contributed by atoms with Gasteiger partial charge in [0, 0.05) is 37.3 Å². The minimum absolute atomic E-state index is 0.146. The van der Waals surface area contributed by atoms with Crippen LogP contribution in [0, 0.1) is 0 Å². The second kappa shape index (κ2) is 10.1. The predicted octanol–water partition coefficient (Wildman–Crippen LogP) is 5.33. The van der Waals surface area contributed by atoms with Crippen molar-refractivity contribution in [1.29, 1.82) is 0 Å². The molecule has 1 saturated heterocycles. The van der Waals surface area contributed by atoms with Gasteiger partial charge in [-0.05, 0) is 54.6 Å². The van der Waals surface area contributed by atoms with E-state index in [0.29, 0.717) is 37.7 Å². The minimum Gasteiger partial charge on any atom is -0.353 e. The van der Waals surface area contributed by atoms with Crippen molar-refractivity contribution in [1.82, 2.24) is 9.88 Å². The number of carbonyl (C=O) groups excluding carboxylic acids is 2. The molecule has 3 aromatic rings. The summed E-state index contributed by atoms with van der Waals surface area (Å²) in [7, 11) is 0. The molecule has 0 bridgehead atoms. The summed E-state index contributed by atoms with van der Waals surface area (Å²) in [4.78, 5) is 32.7. The Hall–Kier alpha value is -4.09. The van der Waals surface area contributed by atoms with Crippen LogP contribution in [0.15, 0.2) is 66.9 Å². The van der Waals surface area contributed by atoms with E-state index in [2.05, 4.69) is 10.3 Å². The van der Waals surface area contributed by atoms with Crippen LogP contribution in [0.25, 0.3) is 0 Å². The van der Waals surface area contributed by atoms with E-state index in [-0.39, 0.29) is 17.0 Å². The molecule has 0 spiro atoms. The average Bonchev–Trinajstić information content (AvgIpc) is 2.88. The molecule has 4 rings (SSSR count). The fourth-order valence-electron chi connectivity index (χ4n) is 3.81. The highest BCUT2D eigenvalue weighted by Crippen LogP contribution is 2.30. The van der Waals surface area contributed by atoms with Crippen LogP contribution in [-0.2, 0) is 12.4 Å². The highest BCUT2D eigenvalue weighted by atomic mass is 19.4. The van der Waals surface area contributed by atoms with Gasteiger partial charge in [0.2, 0.25) is 0 Å². The molecule has 0 radical (unpaired) electrons. The number of nitrogens with zero attached hydrogens (tertiary/aromatic N) is 3. The van der Waals surface area contributed by atoms with Gasteiger partial charge in [-0.2, -0.15) is 26.3 Å². The van der Waals surface area contributed by atoms with Gasteiger partial charge in [0.1, 0.15) is 5.82 Å². The summed E-state index contributed by atoms with van der Waals surface area (Å²) >= 11 is 0. The summed E-state index contributed by atoms with van der Waals surface area (Å²) < 4.78 is 76.8. The Morgan fingerprint density at radius 1 is 0.757 bits per heavy atom.